The number of aliphatic hydroxyl groups excluding tert-OH is 1. The molecule has 0 aliphatic carbocycles. The molecule has 0 radical (unpaired) electrons. The number of aliphatic hydroxyl groups is 1. The number of hydrogen-bond acceptors (Lipinski definition) is 3. The first-order valence-electron chi connectivity index (χ1n) is 5.60. The molecule has 2 N–H and O–H groups in total. The average molecular weight is 206 g/mol. The van der Waals surface area contributed by atoms with Crippen molar-refractivity contribution in [3.05, 3.63) is 29.6 Å². The van der Waals surface area contributed by atoms with Gasteiger partial charge in [0, 0.05) is 23.9 Å². The van der Waals surface area contributed by atoms with Crippen molar-refractivity contribution < 1.29 is 5.11 Å². The van der Waals surface area contributed by atoms with Crippen LogP contribution in [-0.2, 0) is 6.42 Å². The monoisotopic (exact) mass is 206 g/mol. The second-order valence-corrected chi connectivity index (χ2v) is 4.24. The summed E-state index contributed by atoms with van der Waals surface area (Å²) in [5, 5.41) is 13.3. The first-order valence-corrected chi connectivity index (χ1v) is 5.60. The molecule has 0 saturated carbocycles. The van der Waals surface area contributed by atoms with Crippen molar-refractivity contribution in [2.45, 2.75) is 38.3 Å². The maximum Gasteiger partial charge on any atom is 0.0748 e. The third-order valence-electron chi connectivity index (χ3n) is 2.93. The van der Waals surface area contributed by atoms with Crippen LogP contribution in [0.4, 0.5) is 0 Å². The molecule has 0 bridgehead atoms. The highest BCUT2D eigenvalue weighted by Crippen LogP contribution is 2.12. The zero-order chi connectivity index (χ0) is 10.7. The molecule has 1 aliphatic heterocycles. The summed E-state index contributed by atoms with van der Waals surface area (Å²) in [6.07, 6.45) is 2.59. The van der Waals surface area contributed by atoms with Crippen molar-refractivity contribution in [1.82, 2.24) is 10.3 Å². The molecule has 0 aromatic carbocycles. The van der Waals surface area contributed by atoms with Gasteiger partial charge in [-0.3, -0.25) is 4.98 Å². The Morgan fingerprint density at radius 3 is 3.13 bits per heavy atom. The third-order valence-corrected chi connectivity index (χ3v) is 2.93. The molecule has 82 valence electrons. The van der Waals surface area contributed by atoms with Crippen LogP contribution in [0, 0.1) is 6.92 Å². The lowest BCUT2D eigenvalue weighted by atomic mass is 10.0. The molecular formula is C12H18N2O. The van der Waals surface area contributed by atoms with Gasteiger partial charge in [-0.15, -0.1) is 0 Å². The fourth-order valence-electron chi connectivity index (χ4n) is 2.11. The number of pyridine rings is 1. The molecular weight excluding hydrogens is 188 g/mol. The van der Waals surface area contributed by atoms with E-state index < -0.39 is 0 Å². The highest BCUT2D eigenvalue weighted by atomic mass is 16.3. The molecule has 2 atom stereocenters. The molecule has 1 aliphatic rings. The van der Waals surface area contributed by atoms with E-state index in [4.69, 9.17) is 0 Å². The summed E-state index contributed by atoms with van der Waals surface area (Å²) < 4.78 is 0. The molecule has 3 heteroatoms. The zero-order valence-corrected chi connectivity index (χ0v) is 9.11. The lowest BCUT2D eigenvalue weighted by Crippen LogP contribution is -2.36. The molecule has 3 nitrogen and oxygen atoms in total. The van der Waals surface area contributed by atoms with Gasteiger partial charge in [-0.2, -0.15) is 0 Å². The normalized spacial score (nSPS) is 22.9. The standard InChI is InChI=1S/C12H18N2O/c1-9-4-2-5-10(14-9)8-12(15)11-6-3-7-13-11/h2,4-5,11-13,15H,3,6-8H2,1H3/t11-,12?/m0/s1. The van der Waals surface area contributed by atoms with Gasteiger partial charge in [0.05, 0.1) is 6.10 Å². The summed E-state index contributed by atoms with van der Waals surface area (Å²) >= 11 is 0. The van der Waals surface area contributed by atoms with Crippen LogP contribution >= 0.6 is 0 Å². The highest BCUT2D eigenvalue weighted by Gasteiger charge is 2.22. The van der Waals surface area contributed by atoms with Crippen LogP contribution in [0.1, 0.15) is 24.2 Å². The molecule has 0 amide bonds. The third kappa shape index (κ3) is 2.76. The van der Waals surface area contributed by atoms with E-state index in [1.165, 1.54) is 6.42 Å². The minimum atomic E-state index is -0.304. The van der Waals surface area contributed by atoms with E-state index in [0.29, 0.717) is 6.42 Å². The Bertz CT molecular complexity index is 321. The number of aromatic nitrogens is 1. The van der Waals surface area contributed by atoms with Gasteiger partial charge >= 0.3 is 0 Å². The summed E-state index contributed by atoms with van der Waals surface area (Å²) in [6.45, 7) is 3.01. The van der Waals surface area contributed by atoms with Crippen LogP contribution in [0.25, 0.3) is 0 Å². The molecule has 2 heterocycles. The molecule has 1 fully saturated rings. The predicted molar refractivity (Wildman–Crippen MR) is 59.7 cm³/mol. The smallest absolute Gasteiger partial charge is 0.0748 e. The summed E-state index contributed by atoms with van der Waals surface area (Å²) in [5.74, 6) is 0. The quantitative estimate of drug-likeness (QED) is 0.777. The maximum atomic E-state index is 9.99. The molecule has 1 saturated heterocycles. The predicted octanol–water partition coefficient (Wildman–Crippen LogP) is 1.05. The van der Waals surface area contributed by atoms with Crippen LogP contribution in [-0.4, -0.2) is 28.8 Å². The molecule has 1 unspecified atom stereocenters. The van der Waals surface area contributed by atoms with Gasteiger partial charge in [-0.25, -0.2) is 0 Å². The van der Waals surface area contributed by atoms with Gasteiger partial charge in [0.2, 0.25) is 0 Å². The Morgan fingerprint density at radius 1 is 1.60 bits per heavy atom. The SMILES string of the molecule is Cc1cccc(CC(O)[C@@H]2CCCN2)n1. The van der Waals surface area contributed by atoms with E-state index in [9.17, 15) is 5.11 Å². The molecule has 1 aromatic rings. The van der Waals surface area contributed by atoms with Gasteiger partial charge in [0.25, 0.3) is 0 Å². The topological polar surface area (TPSA) is 45.1 Å². The maximum absolute atomic E-state index is 9.99. The van der Waals surface area contributed by atoms with Crippen molar-refractivity contribution in [3.63, 3.8) is 0 Å². The number of aryl methyl sites for hydroxylation is 1. The summed E-state index contributed by atoms with van der Waals surface area (Å²) in [6, 6.07) is 6.20. The summed E-state index contributed by atoms with van der Waals surface area (Å²) in [5.41, 5.74) is 2.00. The van der Waals surface area contributed by atoms with E-state index in [1.807, 2.05) is 25.1 Å². The van der Waals surface area contributed by atoms with Crippen molar-refractivity contribution in [2.24, 2.45) is 0 Å². The van der Waals surface area contributed by atoms with Crippen LogP contribution in [0.2, 0.25) is 0 Å². The molecule has 2 rings (SSSR count). The zero-order valence-electron chi connectivity index (χ0n) is 9.11. The number of nitrogens with zero attached hydrogens (tertiary/aromatic N) is 1. The first-order chi connectivity index (χ1) is 7.25. The van der Waals surface area contributed by atoms with E-state index >= 15 is 0 Å². The second-order valence-electron chi connectivity index (χ2n) is 4.24. The Kier molecular flexibility index (Phi) is 3.34. The van der Waals surface area contributed by atoms with Crippen LogP contribution < -0.4 is 5.32 Å². The lowest BCUT2D eigenvalue weighted by Gasteiger charge is -2.17. The Balaban J connectivity index is 1.95. The lowest BCUT2D eigenvalue weighted by molar-refractivity contribution is 0.135. The van der Waals surface area contributed by atoms with E-state index in [1.54, 1.807) is 0 Å². The minimum Gasteiger partial charge on any atom is -0.391 e. The van der Waals surface area contributed by atoms with E-state index in [-0.39, 0.29) is 12.1 Å². The second kappa shape index (κ2) is 4.73. The number of hydrogen-bond donors (Lipinski definition) is 2. The molecule has 0 spiro atoms. The van der Waals surface area contributed by atoms with Crippen LogP contribution in [0.15, 0.2) is 18.2 Å². The van der Waals surface area contributed by atoms with Gasteiger partial charge in [0.1, 0.15) is 0 Å². The van der Waals surface area contributed by atoms with Crippen LogP contribution in [0.5, 0.6) is 0 Å². The summed E-state index contributed by atoms with van der Waals surface area (Å²) in [4.78, 5) is 4.40. The summed E-state index contributed by atoms with van der Waals surface area (Å²) in [7, 11) is 0. The largest absolute Gasteiger partial charge is 0.391 e. The molecule has 15 heavy (non-hydrogen) atoms. The van der Waals surface area contributed by atoms with E-state index in [2.05, 4.69) is 10.3 Å². The van der Waals surface area contributed by atoms with Crippen molar-refractivity contribution in [3.8, 4) is 0 Å². The van der Waals surface area contributed by atoms with E-state index in [0.717, 1.165) is 24.4 Å². The van der Waals surface area contributed by atoms with Gasteiger partial charge in [-0.05, 0) is 38.4 Å². The van der Waals surface area contributed by atoms with Crippen molar-refractivity contribution in [1.29, 1.82) is 0 Å². The average Bonchev–Trinajstić information content (AvgIpc) is 2.70. The highest BCUT2D eigenvalue weighted by molar-refractivity contribution is 5.11. The van der Waals surface area contributed by atoms with Gasteiger partial charge < -0.3 is 10.4 Å². The Labute approximate surface area is 90.5 Å². The van der Waals surface area contributed by atoms with Crippen molar-refractivity contribution >= 4 is 0 Å². The number of rotatable bonds is 3. The minimum absolute atomic E-state index is 0.257. The van der Waals surface area contributed by atoms with Gasteiger partial charge in [-0.1, -0.05) is 6.07 Å². The van der Waals surface area contributed by atoms with Crippen molar-refractivity contribution in [2.75, 3.05) is 6.54 Å². The van der Waals surface area contributed by atoms with Gasteiger partial charge in [0.15, 0.2) is 0 Å². The molecule has 1 aromatic heterocycles. The van der Waals surface area contributed by atoms with Crippen LogP contribution in [0.3, 0.4) is 0 Å². The Hall–Kier alpha value is -0.930. The first kappa shape index (κ1) is 10.6. The fraction of sp³-hybridized carbons (Fsp3) is 0.583. The Morgan fingerprint density at radius 2 is 2.47 bits per heavy atom. The fourth-order valence-corrected chi connectivity index (χ4v) is 2.11. The number of nitrogens with one attached hydrogen (secondary N) is 1.